The first kappa shape index (κ1) is 9.90. The van der Waals surface area contributed by atoms with E-state index in [-0.39, 0.29) is 5.69 Å². The number of rotatable bonds is 2. The lowest BCUT2D eigenvalue weighted by Crippen LogP contribution is -2.13. The molecule has 1 aromatic heterocycles. The molecule has 0 aliphatic heterocycles. The third-order valence-electron chi connectivity index (χ3n) is 1.49. The largest absolute Gasteiger partial charge is 0.464 e. The number of carbonyl (C=O) groups is 1. The Hall–Kier alpha value is -2.18. The highest BCUT2D eigenvalue weighted by Crippen LogP contribution is 2.02. The van der Waals surface area contributed by atoms with Gasteiger partial charge in [-0.25, -0.2) is 4.79 Å². The van der Waals surface area contributed by atoms with Crippen molar-refractivity contribution in [1.29, 1.82) is 0 Å². The summed E-state index contributed by atoms with van der Waals surface area (Å²) in [5.74, 6) is -0.753. The molecule has 0 saturated heterocycles. The summed E-state index contributed by atoms with van der Waals surface area (Å²) >= 11 is 0. The summed E-state index contributed by atoms with van der Waals surface area (Å²) in [5.41, 5.74) is -1.57. The molecule has 14 heavy (non-hydrogen) atoms. The number of carbonyl (C=O) groups excluding carboxylic acids is 1. The average Bonchev–Trinajstić information content (AvgIpc) is 2.15. The van der Waals surface area contributed by atoms with Crippen LogP contribution < -0.4 is 5.43 Å². The summed E-state index contributed by atoms with van der Waals surface area (Å²) in [7, 11) is 1.14. The zero-order chi connectivity index (χ0) is 10.7. The van der Waals surface area contributed by atoms with Gasteiger partial charge >= 0.3 is 11.7 Å². The first-order chi connectivity index (χ1) is 6.56. The molecule has 1 aromatic rings. The normalized spacial score (nSPS) is 9.50. The van der Waals surface area contributed by atoms with Crippen molar-refractivity contribution in [2.24, 2.45) is 0 Å². The summed E-state index contributed by atoms with van der Waals surface area (Å²) in [6.07, 6.45) is 0.856. The van der Waals surface area contributed by atoms with E-state index in [0.717, 1.165) is 19.4 Å². The molecule has 0 aliphatic carbocycles. The fraction of sp³-hybridized carbons (Fsp3) is 0.143. The van der Waals surface area contributed by atoms with Crippen LogP contribution >= 0.6 is 0 Å². The Balaban J connectivity index is 3.20. The van der Waals surface area contributed by atoms with E-state index >= 15 is 0 Å². The van der Waals surface area contributed by atoms with E-state index in [1.807, 2.05) is 0 Å². The highest BCUT2D eigenvalue weighted by Gasteiger charge is 2.14. The van der Waals surface area contributed by atoms with Crippen LogP contribution in [0.5, 0.6) is 0 Å². The van der Waals surface area contributed by atoms with Crippen LogP contribution in [0.2, 0.25) is 0 Å². The van der Waals surface area contributed by atoms with Gasteiger partial charge in [0, 0.05) is 6.07 Å². The number of aromatic amines is 1. The molecule has 0 saturated carbocycles. The molecule has 7 nitrogen and oxygen atoms in total. The molecule has 74 valence electrons. The SMILES string of the molecule is COC(=O)c1cc(=O)c([N+](=O)[O-])c[nH]1. The van der Waals surface area contributed by atoms with Crippen LogP contribution in [0.3, 0.4) is 0 Å². The van der Waals surface area contributed by atoms with Gasteiger partial charge in [0.2, 0.25) is 0 Å². The quantitative estimate of drug-likeness (QED) is 0.411. The minimum Gasteiger partial charge on any atom is -0.464 e. The third-order valence-corrected chi connectivity index (χ3v) is 1.49. The van der Waals surface area contributed by atoms with Gasteiger partial charge in [-0.3, -0.25) is 14.9 Å². The van der Waals surface area contributed by atoms with Crippen LogP contribution in [-0.2, 0) is 4.74 Å². The number of hydrogen-bond acceptors (Lipinski definition) is 5. The summed E-state index contributed by atoms with van der Waals surface area (Å²) in [6.45, 7) is 0. The molecule has 1 rings (SSSR count). The molecule has 0 atom stereocenters. The molecule has 7 heteroatoms. The molecule has 0 radical (unpaired) electrons. The van der Waals surface area contributed by atoms with E-state index in [1.165, 1.54) is 0 Å². The smallest absolute Gasteiger partial charge is 0.354 e. The Morgan fingerprint density at radius 2 is 2.29 bits per heavy atom. The summed E-state index contributed by atoms with van der Waals surface area (Å²) < 4.78 is 4.31. The zero-order valence-corrected chi connectivity index (χ0v) is 7.14. The topological polar surface area (TPSA) is 102 Å². The predicted octanol–water partition coefficient (Wildman–Crippen LogP) is 0.0697. The van der Waals surface area contributed by atoms with Gasteiger partial charge in [0.05, 0.1) is 18.2 Å². The maximum Gasteiger partial charge on any atom is 0.354 e. The second kappa shape index (κ2) is 3.69. The third kappa shape index (κ3) is 1.76. The Bertz CT molecular complexity index is 436. The average molecular weight is 198 g/mol. The minimum atomic E-state index is -0.839. The molecule has 1 N–H and O–H groups in total. The van der Waals surface area contributed by atoms with Crippen LogP contribution in [0.15, 0.2) is 17.1 Å². The van der Waals surface area contributed by atoms with Crippen molar-refractivity contribution in [2.75, 3.05) is 7.11 Å². The highest BCUT2D eigenvalue weighted by molar-refractivity contribution is 5.87. The van der Waals surface area contributed by atoms with E-state index in [9.17, 15) is 19.7 Å². The number of hydrogen-bond donors (Lipinski definition) is 1. The fourth-order valence-corrected chi connectivity index (χ4v) is 0.834. The molecular formula is C7H6N2O5. The van der Waals surface area contributed by atoms with Crippen LogP contribution in [0.25, 0.3) is 0 Å². The number of methoxy groups -OCH3 is 1. The van der Waals surface area contributed by atoms with E-state index in [0.29, 0.717) is 0 Å². The molecule has 1 heterocycles. The van der Waals surface area contributed by atoms with Crippen molar-refractivity contribution in [3.63, 3.8) is 0 Å². The van der Waals surface area contributed by atoms with Crippen molar-refractivity contribution < 1.29 is 14.5 Å². The lowest BCUT2D eigenvalue weighted by atomic mass is 10.3. The predicted molar refractivity (Wildman–Crippen MR) is 45.1 cm³/mol. The molecule has 0 aliphatic rings. The summed E-state index contributed by atoms with van der Waals surface area (Å²) in [6, 6.07) is 0.823. The number of esters is 1. The van der Waals surface area contributed by atoms with Crippen molar-refractivity contribution in [2.45, 2.75) is 0 Å². The van der Waals surface area contributed by atoms with Gasteiger partial charge in [-0.05, 0) is 0 Å². The number of nitro groups is 1. The first-order valence-electron chi connectivity index (χ1n) is 3.51. The Morgan fingerprint density at radius 3 is 2.71 bits per heavy atom. The van der Waals surface area contributed by atoms with Crippen LogP contribution in [0.4, 0.5) is 5.69 Å². The monoisotopic (exact) mass is 198 g/mol. The summed E-state index contributed by atoms with van der Waals surface area (Å²) in [4.78, 5) is 33.6. The van der Waals surface area contributed by atoms with Crippen molar-refractivity contribution >= 4 is 11.7 Å². The van der Waals surface area contributed by atoms with Gasteiger partial charge in [0.1, 0.15) is 5.69 Å². The van der Waals surface area contributed by atoms with Crippen molar-refractivity contribution in [3.05, 3.63) is 38.3 Å². The molecule has 0 spiro atoms. The molecule has 0 fully saturated rings. The number of H-pyrrole nitrogens is 1. The first-order valence-corrected chi connectivity index (χ1v) is 3.51. The van der Waals surface area contributed by atoms with E-state index in [4.69, 9.17) is 0 Å². The fourth-order valence-electron chi connectivity index (χ4n) is 0.834. The second-order valence-electron chi connectivity index (χ2n) is 2.34. The van der Waals surface area contributed by atoms with Crippen molar-refractivity contribution in [3.8, 4) is 0 Å². The van der Waals surface area contributed by atoms with Gasteiger partial charge in [0.25, 0.3) is 5.43 Å². The number of pyridine rings is 1. The van der Waals surface area contributed by atoms with E-state index < -0.39 is 22.0 Å². The molecule has 0 amide bonds. The number of nitrogens with zero attached hydrogens (tertiary/aromatic N) is 1. The van der Waals surface area contributed by atoms with E-state index in [2.05, 4.69) is 9.72 Å². The van der Waals surface area contributed by atoms with Gasteiger partial charge < -0.3 is 9.72 Å². The van der Waals surface area contributed by atoms with Gasteiger partial charge in [-0.15, -0.1) is 0 Å². The maximum absolute atomic E-state index is 11.0. The van der Waals surface area contributed by atoms with Crippen LogP contribution in [0.1, 0.15) is 10.5 Å². The van der Waals surface area contributed by atoms with Gasteiger partial charge in [0.15, 0.2) is 0 Å². The molecule has 0 bridgehead atoms. The minimum absolute atomic E-state index is 0.122. The highest BCUT2D eigenvalue weighted by atomic mass is 16.6. The standard InChI is InChI=1S/C7H6N2O5/c1-14-7(11)4-2-6(10)5(3-8-4)9(12)13/h2-3H,1H3,(H,8,10). The number of ether oxygens (including phenoxy) is 1. The number of aromatic nitrogens is 1. The lowest BCUT2D eigenvalue weighted by molar-refractivity contribution is -0.386. The Kier molecular flexibility index (Phi) is 2.61. The van der Waals surface area contributed by atoms with Crippen molar-refractivity contribution in [1.82, 2.24) is 4.98 Å². The molecular weight excluding hydrogens is 192 g/mol. The Morgan fingerprint density at radius 1 is 1.64 bits per heavy atom. The maximum atomic E-state index is 11.0. The molecule has 0 unspecified atom stereocenters. The second-order valence-corrected chi connectivity index (χ2v) is 2.34. The van der Waals surface area contributed by atoms with E-state index in [1.54, 1.807) is 0 Å². The number of nitrogens with one attached hydrogen (secondary N) is 1. The summed E-state index contributed by atoms with van der Waals surface area (Å²) in [5, 5.41) is 10.2. The molecule has 0 aromatic carbocycles. The van der Waals surface area contributed by atoms with Crippen LogP contribution in [0, 0.1) is 10.1 Å². The lowest BCUT2D eigenvalue weighted by Gasteiger charge is -1.97. The Labute approximate surface area is 77.5 Å². The van der Waals surface area contributed by atoms with Gasteiger partial charge in [-0.2, -0.15) is 0 Å². The van der Waals surface area contributed by atoms with Crippen LogP contribution in [-0.4, -0.2) is 23.0 Å². The van der Waals surface area contributed by atoms with Gasteiger partial charge in [-0.1, -0.05) is 0 Å². The zero-order valence-electron chi connectivity index (χ0n) is 7.14.